The molecule has 0 saturated carbocycles. The first-order valence-corrected chi connectivity index (χ1v) is 2.67. The van der Waals surface area contributed by atoms with Crippen molar-refractivity contribution in [2.75, 3.05) is 5.73 Å². The van der Waals surface area contributed by atoms with Gasteiger partial charge in [0.1, 0.15) is 5.82 Å². The summed E-state index contributed by atoms with van der Waals surface area (Å²) < 4.78 is 12.5. The monoisotopic (exact) mass is 136 g/mol. The topological polar surface area (TPSA) is 30.4 Å². The van der Waals surface area contributed by atoms with Crippen LogP contribution in [0.2, 0.25) is 0 Å². The zero-order chi connectivity index (χ0) is 7.56. The highest BCUT2D eigenvalue weighted by Crippen LogP contribution is 2.23. The van der Waals surface area contributed by atoms with Gasteiger partial charge in [0.2, 0.25) is 5.69 Å². The number of benzene rings is 1. The summed E-state index contributed by atoms with van der Waals surface area (Å²) in [5.74, 6) is -0.534. The van der Waals surface area contributed by atoms with Gasteiger partial charge < -0.3 is 5.73 Å². The Morgan fingerprint density at radius 1 is 1.50 bits per heavy atom. The summed E-state index contributed by atoms with van der Waals surface area (Å²) in [4.78, 5) is 3.02. The number of hydrogen-bond acceptors (Lipinski definition) is 1. The van der Waals surface area contributed by atoms with E-state index in [0.717, 1.165) is 0 Å². The lowest BCUT2D eigenvalue weighted by molar-refractivity contribution is 0.633. The smallest absolute Gasteiger partial charge is 0.212 e. The van der Waals surface area contributed by atoms with Gasteiger partial charge in [-0.25, -0.2) is 9.24 Å². The van der Waals surface area contributed by atoms with Crippen LogP contribution in [0, 0.1) is 12.4 Å². The van der Waals surface area contributed by atoms with Crippen molar-refractivity contribution in [1.82, 2.24) is 0 Å². The molecule has 2 N–H and O–H groups in total. The van der Waals surface area contributed by atoms with Gasteiger partial charge >= 0.3 is 0 Å². The Hall–Kier alpha value is -1.56. The Labute approximate surface area is 57.9 Å². The van der Waals surface area contributed by atoms with Crippen molar-refractivity contribution >= 4 is 11.4 Å². The van der Waals surface area contributed by atoms with Gasteiger partial charge in [-0.3, -0.25) is 0 Å². The minimum absolute atomic E-state index is 0.0718. The molecule has 0 amide bonds. The second-order valence-electron chi connectivity index (χ2n) is 1.78. The quantitative estimate of drug-likeness (QED) is 0.429. The van der Waals surface area contributed by atoms with Crippen LogP contribution in [0.3, 0.4) is 0 Å². The third-order valence-corrected chi connectivity index (χ3v) is 1.15. The molecule has 1 aromatic carbocycles. The first-order chi connectivity index (χ1) is 4.75. The van der Waals surface area contributed by atoms with E-state index in [0.29, 0.717) is 0 Å². The summed E-state index contributed by atoms with van der Waals surface area (Å²) in [6.45, 7) is 6.56. The van der Waals surface area contributed by atoms with E-state index in [1.807, 2.05) is 0 Å². The molecule has 0 radical (unpaired) electrons. The molecule has 0 bridgehead atoms. The third kappa shape index (κ3) is 0.914. The molecule has 1 rings (SSSR count). The van der Waals surface area contributed by atoms with Gasteiger partial charge in [0, 0.05) is 0 Å². The highest BCUT2D eigenvalue weighted by molar-refractivity contribution is 5.67. The van der Waals surface area contributed by atoms with Crippen LogP contribution in [0.25, 0.3) is 4.85 Å². The summed E-state index contributed by atoms with van der Waals surface area (Å²) >= 11 is 0. The Morgan fingerprint density at radius 2 is 2.20 bits per heavy atom. The Balaban J connectivity index is 3.31. The summed E-state index contributed by atoms with van der Waals surface area (Å²) in [6, 6.07) is 4.16. The van der Waals surface area contributed by atoms with E-state index in [2.05, 4.69) is 4.85 Å². The predicted octanol–water partition coefficient (Wildman–Crippen LogP) is 1.96. The number of halogens is 1. The van der Waals surface area contributed by atoms with Gasteiger partial charge in [-0.05, 0) is 6.07 Å². The van der Waals surface area contributed by atoms with Crippen molar-refractivity contribution in [2.24, 2.45) is 0 Å². The van der Waals surface area contributed by atoms with E-state index in [-0.39, 0.29) is 11.4 Å². The minimum Gasteiger partial charge on any atom is -0.405 e. The largest absolute Gasteiger partial charge is 0.405 e. The van der Waals surface area contributed by atoms with Crippen molar-refractivity contribution in [1.29, 1.82) is 0 Å². The van der Waals surface area contributed by atoms with Crippen LogP contribution in [0.4, 0.5) is 15.8 Å². The molecular weight excluding hydrogens is 131 g/mol. The van der Waals surface area contributed by atoms with Crippen LogP contribution in [0.15, 0.2) is 18.2 Å². The fourth-order valence-electron chi connectivity index (χ4n) is 0.623. The van der Waals surface area contributed by atoms with Crippen molar-refractivity contribution in [3.63, 3.8) is 0 Å². The second kappa shape index (κ2) is 2.36. The van der Waals surface area contributed by atoms with E-state index in [9.17, 15) is 4.39 Å². The van der Waals surface area contributed by atoms with E-state index in [1.165, 1.54) is 18.2 Å². The lowest BCUT2D eigenvalue weighted by Gasteiger charge is -1.95. The van der Waals surface area contributed by atoms with Crippen LogP contribution in [0.1, 0.15) is 0 Å². The van der Waals surface area contributed by atoms with E-state index >= 15 is 0 Å². The molecule has 0 unspecified atom stereocenters. The molecule has 2 nitrogen and oxygen atoms in total. The van der Waals surface area contributed by atoms with Crippen molar-refractivity contribution in [2.45, 2.75) is 0 Å². The van der Waals surface area contributed by atoms with Gasteiger partial charge in [-0.2, -0.15) is 0 Å². The van der Waals surface area contributed by atoms with Gasteiger partial charge in [-0.1, -0.05) is 12.1 Å². The normalized spacial score (nSPS) is 8.80. The fraction of sp³-hybridized carbons (Fsp3) is 0. The van der Waals surface area contributed by atoms with Crippen LogP contribution < -0.4 is 5.73 Å². The van der Waals surface area contributed by atoms with Crippen molar-refractivity contribution < 1.29 is 4.39 Å². The number of hydrogen-bond donors (Lipinski definition) is 1. The maximum Gasteiger partial charge on any atom is 0.212 e. The Morgan fingerprint density at radius 3 is 2.70 bits per heavy atom. The lowest BCUT2D eigenvalue weighted by Crippen LogP contribution is -1.88. The zero-order valence-electron chi connectivity index (χ0n) is 5.13. The Kier molecular flexibility index (Phi) is 1.55. The van der Waals surface area contributed by atoms with E-state index in [4.69, 9.17) is 12.3 Å². The number of nitrogen functional groups attached to an aromatic ring is 1. The first kappa shape index (κ1) is 6.56. The molecule has 0 heterocycles. The number of nitrogens with two attached hydrogens (primary N) is 1. The summed E-state index contributed by atoms with van der Waals surface area (Å²) in [5.41, 5.74) is 5.30. The molecule has 3 heteroatoms. The van der Waals surface area contributed by atoms with E-state index in [1.54, 1.807) is 0 Å². The average Bonchev–Trinajstić information content (AvgIpc) is 1.95. The predicted molar refractivity (Wildman–Crippen MR) is 37.1 cm³/mol. The van der Waals surface area contributed by atoms with Crippen LogP contribution in [0.5, 0.6) is 0 Å². The molecule has 0 atom stereocenters. The van der Waals surface area contributed by atoms with Gasteiger partial charge in [0.05, 0.1) is 12.3 Å². The molecule has 50 valence electrons. The number of rotatable bonds is 0. The summed E-state index contributed by atoms with van der Waals surface area (Å²) in [6.07, 6.45) is 0. The van der Waals surface area contributed by atoms with Gasteiger partial charge in [0.15, 0.2) is 0 Å². The molecule has 0 aromatic heterocycles. The summed E-state index contributed by atoms with van der Waals surface area (Å²) in [5, 5.41) is 0. The SMILES string of the molecule is [C-]#[N+]c1cccc(F)c1N. The Bertz CT molecular complexity index is 288. The molecule has 10 heavy (non-hydrogen) atoms. The van der Waals surface area contributed by atoms with Gasteiger partial charge in [0.25, 0.3) is 0 Å². The maximum absolute atomic E-state index is 12.5. The molecule has 0 aliphatic carbocycles. The first-order valence-electron chi connectivity index (χ1n) is 2.67. The van der Waals surface area contributed by atoms with Crippen LogP contribution >= 0.6 is 0 Å². The molecule has 0 aliphatic heterocycles. The average molecular weight is 136 g/mol. The minimum atomic E-state index is -0.534. The molecular formula is C7H5FN2. The highest BCUT2D eigenvalue weighted by Gasteiger charge is 2.01. The number of nitrogens with zero attached hydrogens (tertiary/aromatic N) is 1. The van der Waals surface area contributed by atoms with Crippen molar-refractivity contribution in [3.05, 3.63) is 35.4 Å². The molecule has 1 aromatic rings. The zero-order valence-corrected chi connectivity index (χ0v) is 5.13. The fourth-order valence-corrected chi connectivity index (χ4v) is 0.623. The lowest BCUT2D eigenvalue weighted by atomic mass is 10.3. The third-order valence-electron chi connectivity index (χ3n) is 1.15. The molecule has 0 spiro atoms. The standard InChI is InChI=1S/C7H5FN2/c1-10-6-4-2-3-5(8)7(6)9/h2-4H,9H2. The van der Waals surface area contributed by atoms with E-state index < -0.39 is 5.82 Å². The second-order valence-corrected chi connectivity index (χ2v) is 1.78. The molecule has 0 saturated heterocycles. The molecule has 0 aliphatic rings. The molecule has 0 fully saturated rings. The number of anilines is 1. The maximum atomic E-state index is 12.5. The highest BCUT2D eigenvalue weighted by atomic mass is 19.1. The number of para-hydroxylation sites is 1. The van der Waals surface area contributed by atoms with Crippen LogP contribution in [-0.4, -0.2) is 0 Å². The van der Waals surface area contributed by atoms with Crippen LogP contribution in [-0.2, 0) is 0 Å². The van der Waals surface area contributed by atoms with Gasteiger partial charge in [-0.15, -0.1) is 0 Å². The summed E-state index contributed by atoms with van der Waals surface area (Å²) in [7, 11) is 0. The van der Waals surface area contributed by atoms with Crippen molar-refractivity contribution in [3.8, 4) is 0 Å².